The van der Waals surface area contributed by atoms with E-state index in [-0.39, 0.29) is 64.9 Å². The second kappa shape index (κ2) is 10.3. The molecule has 0 aliphatic rings. The number of nitrogens with zero attached hydrogens (tertiary/aromatic N) is 2. The van der Waals surface area contributed by atoms with Crippen molar-refractivity contribution in [2.45, 2.75) is 6.54 Å². The van der Waals surface area contributed by atoms with Crippen LogP contribution in [0.3, 0.4) is 0 Å². The minimum absolute atomic E-state index is 0. The maximum atomic E-state index is 10.4. The first-order valence-electron chi connectivity index (χ1n) is 5.13. The maximum Gasteiger partial charge on any atom is 1.00 e. The van der Waals surface area contributed by atoms with Crippen LogP contribution < -0.4 is 74.2 Å². The number of hydrogen-bond acceptors (Lipinski definition) is 8. The average Bonchev–Trinajstić information content (AvgIpc) is 2.74. The van der Waals surface area contributed by atoms with Gasteiger partial charge in [0.15, 0.2) is 0 Å². The second-order valence-electron chi connectivity index (χ2n) is 3.54. The Morgan fingerprint density at radius 2 is 1.95 bits per heavy atom. The quantitative estimate of drug-likeness (QED) is 0.315. The van der Waals surface area contributed by atoms with Crippen molar-refractivity contribution >= 4 is 40.9 Å². The number of aromatic nitrogens is 2. The van der Waals surface area contributed by atoms with Gasteiger partial charge in [-0.15, -0.1) is 11.4 Å². The molecule has 1 aromatic carbocycles. The van der Waals surface area contributed by atoms with Crippen LogP contribution in [0, 0.1) is 0 Å². The molecule has 0 aliphatic heterocycles. The van der Waals surface area contributed by atoms with E-state index < -0.39 is 6.80 Å². The van der Waals surface area contributed by atoms with E-state index in [0.29, 0.717) is 24.5 Å². The number of hydrogen-bond donors (Lipinski definition) is 1. The van der Waals surface area contributed by atoms with Crippen LogP contribution >= 0.6 is 29.9 Å². The van der Waals surface area contributed by atoms with Crippen LogP contribution in [-0.4, -0.2) is 21.0 Å². The van der Waals surface area contributed by atoms with Crippen molar-refractivity contribution in [1.82, 2.24) is 14.1 Å². The van der Waals surface area contributed by atoms with Crippen molar-refractivity contribution in [3.63, 3.8) is 0 Å². The van der Waals surface area contributed by atoms with Crippen LogP contribution in [-0.2, 0) is 11.1 Å². The smallest absolute Gasteiger partial charge is 0.803 e. The first kappa shape index (κ1) is 21.5. The molecule has 0 spiro atoms. The maximum absolute atomic E-state index is 10.4. The van der Waals surface area contributed by atoms with Gasteiger partial charge in [-0.05, 0) is 24.5 Å². The van der Waals surface area contributed by atoms with Crippen molar-refractivity contribution in [3.05, 3.63) is 23.8 Å². The van der Waals surface area contributed by atoms with Crippen LogP contribution in [0.2, 0.25) is 0 Å². The standard InChI is InChI=1S/C9H12N3O3PS2.2Na/c13-16(14,15)17-4-3-10-6-7-1-2-8-9(5-7)12-18-11-8;;/h1-2,5,10H,3-4,6H2,(H2,13,14,15);;/q;2*+1/p-2. The molecule has 20 heavy (non-hydrogen) atoms. The van der Waals surface area contributed by atoms with Crippen molar-refractivity contribution in [2.24, 2.45) is 0 Å². The topological polar surface area (TPSA) is 101 Å². The molecule has 0 radical (unpaired) electrons. The van der Waals surface area contributed by atoms with Crippen molar-refractivity contribution in [3.8, 4) is 0 Å². The molecule has 6 nitrogen and oxygen atoms in total. The Labute approximate surface area is 169 Å². The Hall–Kier alpha value is 1.50. The minimum Gasteiger partial charge on any atom is -0.803 e. The fourth-order valence-corrected chi connectivity index (χ4v) is 3.32. The SMILES string of the molecule is O=P([O-])([O-])SCCNCc1ccc2nsnc2c1.[Na+].[Na+]. The molecule has 1 N–H and O–H groups in total. The zero-order valence-electron chi connectivity index (χ0n) is 11.2. The van der Waals surface area contributed by atoms with Gasteiger partial charge in [0.25, 0.3) is 0 Å². The third kappa shape index (κ3) is 7.67. The Morgan fingerprint density at radius 3 is 2.65 bits per heavy atom. The normalized spacial score (nSPS) is 10.9. The summed E-state index contributed by atoms with van der Waals surface area (Å²) in [5.74, 6) is 0.255. The molecule has 98 valence electrons. The van der Waals surface area contributed by atoms with Gasteiger partial charge < -0.3 is 19.7 Å². The summed E-state index contributed by atoms with van der Waals surface area (Å²) in [5, 5.41) is 3.07. The molecular weight excluding hydrogens is 339 g/mol. The van der Waals surface area contributed by atoms with Crippen LogP contribution in [0.1, 0.15) is 5.56 Å². The number of nitrogens with one attached hydrogen (secondary N) is 1. The van der Waals surface area contributed by atoms with Gasteiger partial charge in [-0.3, -0.25) is 0 Å². The summed E-state index contributed by atoms with van der Waals surface area (Å²) >= 11 is 1.61. The zero-order chi connectivity index (χ0) is 13.0. The summed E-state index contributed by atoms with van der Waals surface area (Å²) in [6.45, 7) is -3.37. The Balaban J connectivity index is 0.00000180. The molecule has 1 heterocycles. The number of fused-ring (bicyclic) bond motifs is 1. The predicted molar refractivity (Wildman–Crippen MR) is 69.2 cm³/mol. The zero-order valence-corrected chi connectivity index (χ0v) is 17.8. The van der Waals surface area contributed by atoms with Gasteiger partial charge in [-0.2, -0.15) is 8.75 Å². The third-order valence-electron chi connectivity index (χ3n) is 2.18. The molecule has 2 rings (SSSR count). The van der Waals surface area contributed by atoms with Gasteiger partial charge in [0.2, 0.25) is 0 Å². The molecule has 0 atom stereocenters. The van der Waals surface area contributed by atoms with Gasteiger partial charge in [0.05, 0.1) is 11.7 Å². The molecule has 0 saturated heterocycles. The van der Waals surface area contributed by atoms with Gasteiger partial charge in [0, 0.05) is 18.8 Å². The molecule has 1 aromatic heterocycles. The summed E-state index contributed by atoms with van der Waals surface area (Å²) < 4.78 is 18.6. The van der Waals surface area contributed by atoms with E-state index in [9.17, 15) is 14.4 Å². The fourth-order valence-electron chi connectivity index (χ4n) is 1.40. The van der Waals surface area contributed by atoms with Crippen LogP contribution in [0.15, 0.2) is 18.2 Å². The van der Waals surface area contributed by atoms with Crippen molar-refractivity contribution < 1.29 is 73.5 Å². The minimum atomic E-state index is -4.44. The molecule has 0 aliphatic carbocycles. The van der Waals surface area contributed by atoms with Gasteiger partial charge in [-0.1, -0.05) is 6.07 Å². The molecule has 0 bridgehead atoms. The molecule has 0 saturated carbocycles. The van der Waals surface area contributed by atoms with E-state index in [1.54, 1.807) is 0 Å². The van der Waals surface area contributed by atoms with Crippen LogP contribution in [0.4, 0.5) is 0 Å². The Kier molecular flexibility index (Phi) is 11.1. The Morgan fingerprint density at radius 1 is 1.25 bits per heavy atom. The van der Waals surface area contributed by atoms with Gasteiger partial charge >= 0.3 is 59.1 Å². The fraction of sp³-hybridized carbons (Fsp3) is 0.333. The summed E-state index contributed by atoms with van der Waals surface area (Å²) in [5.41, 5.74) is 2.78. The Bertz CT molecular complexity index is 580. The van der Waals surface area contributed by atoms with Crippen LogP contribution in [0.5, 0.6) is 0 Å². The third-order valence-corrected chi connectivity index (χ3v) is 4.93. The molecule has 11 heteroatoms. The predicted octanol–water partition coefficient (Wildman–Crippen LogP) is -5.65. The molecule has 0 fully saturated rings. The summed E-state index contributed by atoms with van der Waals surface area (Å²) in [7, 11) is 0. The largest absolute Gasteiger partial charge is 1.00 e. The molecule has 0 unspecified atom stereocenters. The first-order chi connectivity index (χ1) is 8.54. The molecular formula is C9H10N3Na2O3PS2. The van der Waals surface area contributed by atoms with E-state index >= 15 is 0 Å². The van der Waals surface area contributed by atoms with Gasteiger partial charge in [0.1, 0.15) is 11.0 Å². The van der Waals surface area contributed by atoms with Crippen molar-refractivity contribution in [2.75, 3.05) is 12.3 Å². The van der Waals surface area contributed by atoms with Crippen molar-refractivity contribution in [1.29, 1.82) is 0 Å². The first-order valence-corrected chi connectivity index (χ1v) is 8.99. The number of benzene rings is 1. The van der Waals surface area contributed by atoms with E-state index in [2.05, 4.69) is 14.1 Å². The second-order valence-corrected chi connectivity index (χ2v) is 7.75. The number of rotatable bonds is 6. The van der Waals surface area contributed by atoms with E-state index in [0.717, 1.165) is 16.6 Å². The van der Waals surface area contributed by atoms with E-state index in [1.807, 2.05) is 18.2 Å². The van der Waals surface area contributed by atoms with Gasteiger partial charge in [-0.25, -0.2) is 0 Å². The summed E-state index contributed by atoms with van der Waals surface area (Å²) in [6.07, 6.45) is 0. The van der Waals surface area contributed by atoms with E-state index in [1.165, 1.54) is 11.7 Å². The molecule has 0 amide bonds. The van der Waals surface area contributed by atoms with E-state index in [4.69, 9.17) is 0 Å². The average molecular weight is 349 g/mol. The monoisotopic (exact) mass is 349 g/mol. The summed E-state index contributed by atoms with van der Waals surface area (Å²) in [6, 6.07) is 5.77. The van der Waals surface area contributed by atoms with Crippen LogP contribution in [0.25, 0.3) is 11.0 Å². The molecule has 2 aromatic rings. The summed E-state index contributed by atoms with van der Waals surface area (Å²) in [4.78, 5) is 20.7.